The smallest absolute Gasteiger partial charge is 0.301 e. The molecule has 214 valence electrons. The van der Waals surface area contributed by atoms with Gasteiger partial charge in [0.25, 0.3) is 0 Å². The van der Waals surface area contributed by atoms with E-state index in [4.69, 9.17) is 0 Å². The molecule has 0 amide bonds. The maximum atomic E-state index is 11.1. The molecule has 0 unspecified atom stereocenters. The second kappa shape index (κ2) is 19.2. The quantitative estimate of drug-likeness (QED) is 0.172. The molecule has 2 heterocycles. The van der Waals surface area contributed by atoms with Crippen LogP contribution in [0.4, 0.5) is 0 Å². The highest BCUT2D eigenvalue weighted by atomic mass is 16.5. The number of H-pyrrole nitrogens is 1. The molecule has 6 nitrogen and oxygen atoms in total. The standard InChI is InChI=1S/C32H54N4O2/c1-2-3-4-5-6-7-8-9-10-11-12-13-14-15-16-17-22-35-23-25-36(26-24-35)28-30-20-18-29(19-21-30)27-31-33-32(37)38-34-31/h18-21H,2-17,22-28H2,1H3,(H,33,34,37). The lowest BCUT2D eigenvalue weighted by molar-refractivity contribution is 0.125. The fourth-order valence-corrected chi connectivity index (χ4v) is 5.61. The lowest BCUT2D eigenvalue weighted by atomic mass is 10.0. The molecule has 0 aliphatic carbocycles. The number of rotatable bonds is 21. The number of aromatic amines is 1. The molecule has 3 rings (SSSR count). The Bertz CT molecular complexity index is 883. The lowest BCUT2D eigenvalue weighted by Crippen LogP contribution is -2.46. The first-order valence-electron chi connectivity index (χ1n) is 15.8. The van der Waals surface area contributed by atoms with Crippen molar-refractivity contribution in [2.45, 2.75) is 123 Å². The van der Waals surface area contributed by atoms with Crippen molar-refractivity contribution in [3.8, 4) is 0 Å². The largest absolute Gasteiger partial charge is 0.438 e. The van der Waals surface area contributed by atoms with Gasteiger partial charge >= 0.3 is 5.76 Å². The summed E-state index contributed by atoms with van der Waals surface area (Å²) in [4.78, 5) is 18.9. The first-order valence-corrected chi connectivity index (χ1v) is 15.8. The van der Waals surface area contributed by atoms with Crippen molar-refractivity contribution in [1.29, 1.82) is 0 Å². The van der Waals surface area contributed by atoms with Crippen molar-refractivity contribution in [2.75, 3.05) is 32.7 Å². The van der Waals surface area contributed by atoms with Gasteiger partial charge in [0.1, 0.15) is 0 Å². The van der Waals surface area contributed by atoms with Gasteiger partial charge in [-0.1, -0.05) is 133 Å². The molecule has 1 aromatic carbocycles. The lowest BCUT2D eigenvalue weighted by Gasteiger charge is -2.34. The predicted molar refractivity (Wildman–Crippen MR) is 158 cm³/mol. The van der Waals surface area contributed by atoms with Crippen molar-refractivity contribution in [1.82, 2.24) is 19.9 Å². The Morgan fingerprint density at radius 3 is 1.66 bits per heavy atom. The SMILES string of the molecule is CCCCCCCCCCCCCCCCCCN1CCN(Cc2ccc(Cc3noc(=O)[nH]3)cc2)CC1. The van der Waals surface area contributed by atoms with Crippen LogP contribution < -0.4 is 5.76 Å². The first-order chi connectivity index (χ1) is 18.7. The monoisotopic (exact) mass is 526 g/mol. The fraction of sp³-hybridized carbons (Fsp3) is 0.750. The van der Waals surface area contributed by atoms with E-state index in [2.05, 4.69) is 55.7 Å². The molecular formula is C32H54N4O2. The van der Waals surface area contributed by atoms with Gasteiger partial charge in [-0.3, -0.25) is 14.4 Å². The third-order valence-electron chi connectivity index (χ3n) is 8.08. The van der Waals surface area contributed by atoms with Crippen molar-refractivity contribution < 1.29 is 4.52 Å². The summed E-state index contributed by atoms with van der Waals surface area (Å²) in [6, 6.07) is 8.62. The molecule has 1 N–H and O–H groups in total. The summed E-state index contributed by atoms with van der Waals surface area (Å²) in [5, 5.41) is 3.74. The van der Waals surface area contributed by atoms with Crippen LogP contribution in [-0.4, -0.2) is 52.7 Å². The van der Waals surface area contributed by atoms with E-state index >= 15 is 0 Å². The van der Waals surface area contributed by atoms with E-state index in [-0.39, 0.29) is 0 Å². The van der Waals surface area contributed by atoms with Crippen molar-refractivity contribution in [3.05, 3.63) is 51.8 Å². The zero-order valence-corrected chi connectivity index (χ0v) is 24.2. The van der Waals surface area contributed by atoms with Gasteiger partial charge in [0, 0.05) is 39.1 Å². The van der Waals surface area contributed by atoms with E-state index in [1.54, 1.807) is 0 Å². The van der Waals surface area contributed by atoms with E-state index in [9.17, 15) is 4.79 Å². The molecule has 0 saturated carbocycles. The number of hydrogen-bond donors (Lipinski definition) is 1. The van der Waals surface area contributed by atoms with E-state index in [0.717, 1.165) is 25.2 Å². The van der Waals surface area contributed by atoms with Crippen molar-refractivity contribution in [3.63, 3.8) is 0 Å². The normalized spacial score (nSPS) is 14.9. The minimum atomic E-state index is -0.495. The molecule has 0 atom stereocenters. The number of unbranched alkanes of at least 4 members (excludes halogenated alkanes) is 15. The highest BCUT2D eigenvalue weighted by Gasteiger charge is 2.16. The second-order valence-corrected chi connectivity index (χ2v) is 11.5. The molecule has 2 aromatic rings. The summed E-state index contributed by atoms with van der Waals surface area (Å²) >= 11 is 0. The summed E-state index contributed by atoms with van der Waals surface area (Å²) in [6.45, 7) is 9.26. The maximum absolute atomic E-state index is 11.1. The molecule has 0 bridgehead atoms. The summed E-state index contributed by atoms with van der Waals surface area (Å²) in [5.74, 6) is 0.0776. The molecule has 1 aromatic heterocycles. The van der Waals surface area contributed by atoms with Crippen LogP contribution in [0.25, 0.3) is 0 Å². The van der Waals surface area contributed by atoms with Gasteiger partial charge in [0.2, 0.25) is 0 Å². The number of nitrogens with zero attached hydrogens (tertiary/aromatic N) is 3. The molecule has 0 radical (unpaired) electrons. The third-order valence-corrected chi connectivity index (χ3v) is 8.08. The van der Waals surface area contributed by atoms with Gasteiger partial charge in [-0.05, 0) is 24.1 Å². The van der Waals surface area contributed by atoms with E-state index in [0.29, 0.717) is 12.2 Å². The summed E-state index contributed by atoms with van der Waals surface area (Å²) in [5.41, 5.74) is 2.47. The molecule has 1 aliphatic rings. The van der Waals surface area contributed by atoms with E-state index in [1.165, 1.54) is 128 Å². The average Bonchev–Trinajstić information content (AvgIpc) is 3.34. The van der Waals surface area contributed by atoms with Crippen LogP contribution in [0.2, 0.25) is 0 Å². The highest BCUT2D eigenvalue weighted by Crippen LogP contribution is 2.15. The molecular weight excluding hydrogens is 472 g/mol. The van der Waals surface area contributed by atoms with Crippen LogP contribution >= 0.6 is 0 Å². The van der Waals surface area contributed by atoms with Crippen molar-refractivity contribution >= 4 is 0 Å². The highest BCUT2D eigenvalue weighted by molar-refractivity contribution is 5.24. The Morgan fingerprint density at radius 2 is 1.16 bits per heavy atom. The maximum Gasteiger partial charge on any atom is 0.438 e. The minimum absolute atomic E-state index is 0.495. The van der Waals surface area contributed by atoms with Gasteiger partial charge in [0.15, 0.2) is 5.82 Å². The number of nitrogens with one attached hydrogen (secondary N) is 1. The molecule has 6 heteroatoms. The Kier molecular flexibility index (Phi) is 15.5. The number of hydrogen-bond acceptors (Lipinski definition) is 5. The van der Waals surface area contributed by atoms with Gasteiger partial charge in [-0.2, -0.15) is 0 Å². The van der Waals surface area contributed by atoms with Gasteiger partial charge < -0.3 is 4.90 Å². The van der Waals surface area contributed by atoms with Gasteiger partial charge in [-0.25, -0.2) is 4.79 Å². The van der Waals surface area contributed by atoms with Crippen LogP contribution in [0.15, 0.2) is 33.6 Å². The van der Waals surface area contributed by atoms with Crippen LogP contribution in [0, 0.1) is 0 Å². The topological polar surface area (TPSA) is 65.4 Å². The molecule has 38 heavy (non-hydrogen) atoms. The Labute approximate surface area is 231 Å². The Hall–Kier alpha value is -1.92. The van der Waals surface area contributed by atoms with Crippen molar-refractivity contribution in [2.24, 2.45) is 0 Å². The van der Waals surface area contributed by atoms with Crippen LogP contribution in [0.3, 0.4) is 0 Å². The predicted octanol–water partition coefficient (Wildman–Crippen LogP) is 7.33. The molecule has 1 saturated heterocycles. The number of benzene rings is 1. The average molecular weight is 527 g/mol. The summed E-state index contributed by atoms with van der Waals surface area (Å²) < 4.78 is 4.57. The fourth-order valence-electron chi connectivity index (χ4n) is 5.61. The van der Waals surface area contributed by atoms with Crippen LogP contribution in [0.1, 0.15) is 127 Å². The third kappa shape index (κ3) is 13.2. The zero-order valence-electron chi connectivity index (χ0n) is 24.2. The summed E-state index contributed by atoms with van der Waals surface area (Å²) in [6.07, 6.45) is 23.5. The van der Waals surface area contributed by atoms with Crippen LogP contribution in [0.5, 0.6) is 0 Å². The Balaban J connectivity index is 1.11. The molecule has 1 aliphatic heterocycles. The number of aromatic nitrogens is 2. The zero-order chi connectivity index (χ0) is 26.7. The minimum Gasteiger partial charge on any atom is -0.301 e. The first kappa shape index (κ1) is 30.6. The van der Waals surface area contributed by atoms with Gasteiger partial charge in [0.05, 0.1) is 0 Å². The van der Waals surface area contributed by atoms with Crippen LogP contribution in [-0.2, 0) is 13.0 Å². The Morgan fingerprint density at radius 1 is 0.684 bits per heavy atom. The summed E-state index contributed by atoms with van der Waals surface area (Å²) in [7, 11) is 0. The van der Waals surface area contributed by atoms with E-state index < -0.39 is 5.76 Å². The van der Waals surface area contributed by atoms with E-state index in [1.807, 2.05) is 0 Å². The number of piperazine rings is 1. The second-order valence-electron chi connectivity index (χ2n) is 11.5. The molecule has 0 spiro atoms. The van der Waals surface area contributed by atoms with Gasteiger partial charge in [-0.15, -0.1) is 0 Å². The molecule has 1 fully saturated rings.